The summed E-state index contributed by atoms with van der Waals surface area (Å²) in [5, 5.41) is 0. The molecule has 2 heterocycles. The quantitative estimate of drug-likeness (QED) is 0.612. The minimum atomic E-state index is 0.331. The lowest BCUT2D eigenvalue weighted by Gasteiger charge is -2.26. The van der Waals surface area contributed by atoms with Gasteiger partial charge in [-0.15, -0.1) is 0 Å². The molecule has 6 heteroatoms. The van der Waals surface area contributed by atoms with Crippen LogP contribution in [-0.2, 0) is 11.2 Å². The molecule has 0 atom stereocenters. The Hall–Kier alpha value is -2.63. The number of rotatable bonds is 7. The van der Waals surface area contributed by atoms with Gasteiger partial charge in [0.1, 0.15) is 17.4 Å². The maximum atomic E-state index is 12.9. The highest BCUT2D eigenvalue weighted by molar-refractivity contribution is 5.76. The van der Waals surface area contributed by atoms with Gasteiger partial charge in [-0.25, -0.2) is 9.97 Å². The van der Waals surface area contributed by atoms with Crippen LogP contribution >= 0.6 is 0 Å². The summed E-state index contributed by atoms with van der Waals surface area (Å²) in [4.78, 5) is 26.9. The molecule has 2 aliphatic rings. The number of nitrogens with zero attached hydrogens (tertiary/aromatic N) is 4. The summed E-state index contributed by atoms with van der Waals surface area (Å²) < 4.78 is 5.30. The predicted octanol–water partition coefficient (Wildman–Crippen LogP) is 4.70. The third-order valence-electron chi connectivity index (χ3n) is 7.23. The molecule has 33 heavy (non-hydrogen) atoms. The second-order valence-electron chi connectivity index (χ2n) is 9.59. The summed E-state index contributed by atoms with van der Waals surface area (Å²) in [7, 11) is 1.69. The van der Waals surface area contributed by atoms with E-state index >= 15 is 0 Å². The number of carbonyl (C=O) groups is 1. The molecule has 1 aromatic heterocycles. The third kappa shape index (κ3) is 6.04. The van der Waals surface area contributed by atoms with Crippen LogP contribution in [0.4, 0.5) is 5.82 Å². The van der Waals surface area contributed by atoms with Crippen molar-refractivity contribution in [2.45, 2.75) is 65.2 Å². The molecular weight excluding hydrogens is 412 g/mol. The second kappa shape index (κ2) is 11.0. The Kier molecular flexibility index (Phi) is 7.84. The molecule has 2 fully saturated rings. The van der Waals surface area contributed by atoms with Gasteiger partial charge < -0.3 is 14.5 Å². The SMILES string of the molecule is COc1ccc(Cc2c(C)nc(C)nc2N2CCCN(C(=O)CCC3CCCC3)CC2)cc1. The van der Waals surface area contributed by atoms with Gasteiger partial charge in [0.2, 0.25) is 5.91 Å². The molecule has 2 aromatic rings. The summed E-state index contributed by atoms with van der Waals surface area (Å²) in [6.45, 7) is 7.39. The monoisotopic (exact) mass is 450 g/mol. The first kappa shape index (κ1) is 23.5. The fourth-order valence-electron chi connectivity index (χ4n) is 5.30. The van der Waals surface area contributed by atoms with Crippen LogP contribution in [0.15, 0.2) is 24.3 Å². The predicted molar refractivity (Wildman–Crippen MR) is 132 cm³/mol. The first-order valence-electron chi connectivity index (χ1n) is 12.5. The molecule has 0 bridgehead atoms. The summed E-state index contributed by atoms with van der Waals surface area (Å²) in [5.41, 5.74) is 3.42. The van der Waals surface area contributed by atoms with Gasteiger partial charge in [0, 0.05) is 50.3 Å². The first-order valence-corrected chi connectivity index (χ1v) is 12.5. The van der Waals surface area contributed by atoms with Crippen LogP contribution in [0.3, 0.4) is 0 Å². The molecule has 0 radical (unpaired) electrons. The summed E-state index contributed by atoms with van der Waals surface area (Å²) in [6, 6.07) is 8.21. The molecule has 1 aromatic carbocycles. The molecule has 1 aliphatic carbocycles. The lowest BCUT2D eigenvalue weighted by atomic mass is 10.0. The molecule has 178 valence electrons. The van der Waals surface area contributed by atoms with Crippen LogP contribution < -0.4 is 9.64 Å². The van der Waals surface area contributed by atoms with Gasteiger partial charge in [-0.1, -0.05) is 37.8 Å². The summed E-state index contributed by atoms with van der Waals surface area (Å²) in [5.74, 6) is 3.79. The average molecular weight is 451 g/mol. The van der Waals surface area contributed by atoms with Gasteiger partial charge in [0.05, 0.1) is 7.11 Å². The number of hydrogen-bond acceptors (Lipinski definition) is 5. The van der Waals surface area contributed by atoms with Crippen molar-refractivity contribution in [1.29, 1.82) is 0 Å². The fraction of sp³-hybridized carbons (Fsp3) is 0.593. The van der Waals surface area contributed by atoms with Crippen molar-refractivity contribution < 1.29 is 9.53 Å². The van der Waals surface area contributed by atoms with Gasteiger partial charge in [-0.05, 0) is 50.3 Å². The van der Waals surface area contributed by atoms with E-state index in [0.29, 0.717) is 12.3 Å². The van der Waals surface area contributed by atoms with E-state index in [9.17, 15) is 4.79 Å². The molecule has 1 amide bonds. The van der Waals surface area contributed by atoms with Crippen LogP contribution in [0.1, 0.15) is 67.6 Å². The van der Waals surface area contributed by atoms with Gasteiger partial charge in [0.15, 0.2) is 0 Å². The highest BCUT2D eigenvalue weighted by Gasteiger charge is 2.24. The van der Waals surface area contributed by atoms with Gasteiger partial charge in [0.25, 0.3) is 0 Å². The third-order valence-corrected chi connectivity index (χ3v) is 7.23. The molecule has 4 rings (SSSR count). The van der Waals surface area contributed by atoms with Crippen molar-refractivity contribution in [2.24, 2.45) is 5.92 Å². The largest absolute Gasteiger partial charge is 0.497 e. The van der Waals surface area contributed by atoms with E-state index in [1.54, 1.807) is 7.11 Å². The minimum absolute atomic E-state index is 0.331. The van der Waals surface area contributed by atoms with Crippen molar-refractivity contribution in [2.75, 3.05) is 38.2 Å². The van der Waals surface area contributed by atoms with Gasteiger partial charge >= 0.3 is 0 Å². The standard InChI is InChI=1S/C27H38N4O2/c1-20-25(19-23-9-12-24(33-3)13-10-23)27(29-21(2)28-20)31-16-6-15-30(17-18-31)26(32)14-11-22-7-4-5-8-22/h9-10,12-13,22H,4-8,11,14-19H2,1-3H3. The van der Waals surface area contributed by atoms with Crippen LogP contribution in [0.2, 0.25) is 0 Å². The topological polar surface area (TPSA) is 58.6 Å². The van der Waals surface area contributed by atoms with E-state index in [1.807, 2.05) is 19.1 Å². The number of benzene rings is 1. The molecule has 0 N–H and O–H groups in total. The van der Waals surface area contributed by atoms with Crippen molar-refractivity contribution in [3.8, 4) is 5.75 Å². The van der Waals surface area contributed by atoms with E-state index in [2.05, 4.69) is 33.8 Å². The molecule has 0 spiro atoms. The Bertz CT molecular complexity index is 938. The number of aromatic nitrogens is 2. The Morgan fingerprint density at radius 1 is 1.00 bits per heavy atom. The average Bonchev–Trinajstić information content (AvgIpc) is 3.22. The molecule has 1 saturated carbocycles. The van der Waals surface area contributed by atoms with Crippen LogP contribution in [0, 0.1) is 19.8 Å². The maximum absolute atomic E-state index is 12.9. The Morgan fingerprint density at radius 3 is 2.48 bits per heavy atom. The number of amides is 1. The number of carbonyl (C=O) groups excluding carboxylic acids is 1. The van der Waals surface area contributed by atoms with E-state index in [-0.39, 0.29) is 0 Å². The molecular formula is C27H38N4O2. The zero-order chi connectivity index (χ0) is 23.2. The Balaban J connectivity index is 1.44. The van der Waals surface area contributed by atoms with Gasteiger partial charge in [-0.2, -0.15) is 0 Å². The molecule has 6 nitrogen and oxygen atoms in total. The highest BCUT2D eigenvalue weighted by Crippen LogP contribution is 2.29. The molecule has 1 saturated heterocycles. The Labute approximate surface area is 198 Å². The van der Waals surface area contributed by atoms with Crippen molar-refractivity contribution >= 4 is 11.7 Å². The normalized spacial score (nSPS) is 17.3. The lowest BCUT2D eigenvalue weighted by Crippen LogP contribution is -2.35. The van der Waals surface area contributed by atoms with Gasteiger partial charge in [-0.3, -0.25) is 4.79 Å². The van der Waals surface area contributed by atoms with Crippen molar-refractivity contribution in [3.63, 3.8) is 0 Å². The van der Waals surface area contributed by atoms with E-state index in [1.165, 1.54) is 36.8 Å². The van der Waals surface area contributed by atoms with Crippen LogP contribution in [0.5, 0.6) is 5.75 Å². The number of hydrogen-bond donors (Lipinski definition) is 0. The number of ether oxygens (including phenoxy) is 1. The fourth-order valence-corrected chi connectivity index (χ4v) is 5.30. The minimum Gasteiger partial charge on any atom is -0.497 e. The highest BCUT2D eigenvalue weighted by atomic mass is 16.5. The summed E-state index contributed by atoms with van der Waals surface area (Å²) in [6.07, 6.45) is 8.83. The Morgan fingerprint density at radius 2 is 1.76 bits per heavy atom. The zero-order valence-corrected chi connectivity index (χ0v) is 20.5. The van der Waals surface area contributed by atoms with Crippen LogP contribution in [0.25, 0.3) is 0 Å². The number of methoxy groups -OCH3 is 1. The van der Waals surface area contributed by atoms with Crippen molar-refractivity contribution in [3.05, 3.63) is 46.9 Å². The summed E-state index contributed by atoms with van der Waals surface area (Å²) >= 11 is 0. The maximum Gasteiger partial charge on any atom is 0.222 e. The van der Waals surface area contributed by atoms with Crippen molar-refractivity contribution in [1.82, 2.24) is 14.9 Å². The molecule has 1 aliphatic heterocycles. The molecule has 0 unspecified atom stereocenters. The zero-order valence-electron chi connectivity index (χ0n) is 20.5. The number of aryl methyl sites for hydroxylation is 2. The van der Waals surface area contributed by atoms with E-state index in [4.69, 9.17) is 9.72 Å². The van der Waals surface area contributed by atoms with Crippen LogP contribution in [-0.4, -0.2) is 54.1 Å². The second-order valence-corrected chi connectivity index (χ2v) is 9.59. The van der Waals surface area contributed by atoms with E-state index in [0.717, 1.165) is 74.4 Å². The lowest BCUT2D eigenvalue weighted by molar-refractivity contribution is -0.131. The smallest absolute Gasteiger partial charge is 0.222 e. The number of anilines is 1. The van der Waals surface area contributed by atoms with E-state index < -0.39 is 0 Å². The first-order chi connectivity index (χ1) is 16.0.